The van der Waals surface area contributed by atoms with Gasteiger partial charge in [-0.1, -0.05) is 56.3 Å². The topological polar surface area (TPSA) is 17.0 Å². The fourth-order valence-corrected chi connectivity index (χ4v) is 2.85. The molecule has 0 radical (unpaired) electrons. The summed E-state index contributed by atoms with van der Waals surface area (Å²) in [5.41, 5.74) is 4.03. The van der Waals surface area contributed by atoms with Gasteiger partial charge >= 0.3 is 0 Å². The first-order valence-corrected chi connectivity index (χ1v) is 8.05. The van der Waals surface area contributed by atoms with Gasteiger partial charge in [0.25, 0.3) is 0 Å². The highest BCUT2D eigenvalue weighted by molar-refractivity contribution is 5.83. The number of hydrogen-bond donors (Lipinski definition) is 1. The first kappa shape index (κ1) is 14.9. The van der Waals surface area contributed by atoms with Crippen LogP contribution in [0.2, 0.25) is 0 Å². The Balaban J connectivity index is 1.82. The summed E-state index contributed by atoms with van der Waals surface area (Å²) < 4.78 is 2.33. The molecule has 0 amide bonds. The highest BCUT2D eigenvalue weighted by Crippen LogP contribution is 2.21. The number of rotatable bonds is 6. The minimum absolute atomic E-state index is 0.682. The van der Waals surface area contributed by atoms with E-state index >= 15 is 0 Å². The second-order valence-electron chi connectivity index (χ2n) is 6.30. The molecule has 0 bridgehead atoms. The molecule has 0 fully saturated rings. The van der Waals surface area contributed by atoms with Crippen molar-refractivity contribution in [3.63, 3.8) is 0 Å². The van der Waals surface area contributed by atoms with Gasteiger partial charge in [-0.2, -0.15) is 0 Å². The van der Waals surface area contributed by atoms with Crippen LogP contribution in [0.1, 0.15) is 25.0 Å². The van der Waals surface area contributed by atoms with Gasteiger partial charge in [0.15, 0.2) is 0 Å². The Kier molecular flexibility index (Phi) is 4.59. The van der Waals surface area contributed by atoms with Crippen LogP contribution >= 0.6 is 0 Å². The molecule has 3 aromatic rings. The molecule has 114 valence electrons. The summed E-state index contributed by atoms with van der Waals surface area (Å²) in [4.78, 5) is 0. The highest BCUT2D eigenvalue weighted by atomic mass is 15.0. The van der Waals surface area contributed by atoms with Crippen LogP contribution in [0, 0.1) is 5.92 Å². The molecule has 2 heteroatoms. The van der Waals surface area contributed by atoms with E-state index in [-0.39, 0.29) is 0 Å². The van der Waals surface area contributed by atoms with E-state index in [1.54, 1.807) is 0 Å². The average Bonchev–Trinajstić information content (AvgIpc) is 2.92. The zero-order valence-corrected chi connectivity index (χ0v) is 13.4. The molecule has 0 unspecified atom stereocenters. The summed E-state index contributed by atoms with van der Waals surface area (Å²) in [6.45, 7) is 7.40. The third kappa shape index (κ3) is 3.40. The van der Waals surface area contributed by atoms with Gasteiger partial charge in [-0.15, -0.1) is 0 Å². The van der Waals surface area contributed by atoms with E-state index < -0.39 is 0 Å². The lowest BCUT2D eigenvalue weighted by Gasteiger charge is -2.10. The smallest absolute Gasteiger partial charge is 0.0486 e. The molecule has 0 saturated heterocycles. The average molecular weight is 292 g/mol. The Morgan fingerprint density at radius 3 is 2.55 bits per heavy atom. The van der Waals surface area contributed by atoms with E-state index in [0.717, 1.165) is 19.6 Å². The number of hydrogen-bond acceptors (Lipinski definition) is 1. The quantitative estimate of drug-likeness (QED) is 0.711. The molecular formula is C20H24N2. The second-order valence-corrected chi connectivity index (χ2v) is 6.30. The molecular weight excluding hydrogens is 268 g/mol. The van der Waals surface area contributed by atoms with Crippen molar-refractivity contribution in [3.8, 4) is 0 Å². The van der Waals surface area contributed by atoms with E-state index in [4.69, 9.17) is 0 Å². The van der Waals surface area contributed by atoms with Crippen LogP contribution < -0.4 is 5.32 Å². The molecule has 0 aliphatic heterocycles. The fraction of sp³-hybridized carbons (Fsp3) is 0.300. The molecule has 0 saturated carbocycles. The van der Waals surface area contributed by atoms with Crippen molar-refractivity contribution in [1.82, 2.24) is 9.88 Å². The Morgan fingerprint density at radius 2 is 1.77 bits per heavy atom. The third-order valence-corrected chi connectivity index (χ3v) is 3.97. The van der Waals surface area contributed by atoms with Crippen LogP contribution in [0.4, 0.5) is 0 Å². The number of nitrogens with zero attached hydrogens (tertiary/aromatic N) is 1. The molecule has 0 aliphatic carbocycles. The Labute approximate surface area is 132 Å². The molecule has 0 aliphatic rings. The zero-order chi connectivity index (χ0) is 15.4. The van der Waals surface area contributed by atoms with Crippen LogP contribution in [0.15, 0.2) is 60.8 Å². The lowest BCUT2D eigenvalue weighted by molar-refractivity contribution is 0.553. The normalized spacial score (nSPS) is 11.4. The van der Waals surface area contributed by atoms with Crippen molar-refractivity contribution in [2.24, 2.45) is 5.92 Å². The summed E-state index contributed by atoms with van der Waals surface area (Å²) in [5, 5.41) is 4.90. The standard InChI is InChI=1S/C20H24N2/c1-16(2)13-21-14-18-9-6-10-20-19(18)11-12-22(20)15-17-7-4-3-5-8-17/h3-12,16,21H,13-15H2,1-2H3. The van der Waals surface area contributed by atoms with Crippen LogP contribution in [-0.4, -0.2) is 11.1 Å². The van der Waals surface area contributed by atoms with Crippen molar-refractivity contribution >= 4 is 10.9 Å². The molecule has 0 atom stereocenters. The van der Waals surface area contributed by atoms with Gasteiger partial charge in [0.1, 0.15) is 0 Å². The number of aromatic nitrogens is 1. The SMILES string of the molecule is CC(C)CNCc1cccc2c1ccn2Cc1ccccc1. The Bertz CT molecular complexity index is 726. The van der Waals surface area contributed by atoms with Crippen molar-refractivity contribution in [2.45, 2.75) is 26.9 Å². The zero-order valence-electron chi connectivity index (χ0n) is 13.4. The van der Waals surface area contributed by atoms with Crippen LogP contribution in [0.5, 0.6) is 0 Å². The van der Waals surface area contributed by atoms with Crippen LogP contribution in [-0.2, 0) is 13.1 Å². The van der Waals surface area contributed by atoms with Crippen molar-refractivity contribution in [1.29, 1.82) is 0 Å². The van der Waals surface area contributed by atoms with Gasteiger partial charge in [0.2, 0.25) is 0 Å². The largest absolute Gasteiger partial charge is 0.343 e. The van der Waals surface area contributed by atoms with Gasteiger partial charge in [0, 0.05) is 30.2 Å². The number of benzene rings is 2. The number of fused-ring (bicyclic) bond motifs is 1. The van der Waals surface area contributed by atoms with E-state index in [9.17, 15) is 0 Å². The monoisotopic (exact) mass is 292 g/mol. The number of nitrogens with one attached hydrogen (secondary N) is 1. The molecule has 0 spiro atoms. The Hall–Kier alpha value is -2.06. The van der Waals surface area contributed by atoms with Crippen LogP contribution in [0.3, 0.4) is 0 Å². The van der Waals surface area contributed by atoms with E-state index in [1.807, 2.05) is 0 Å². The molecule has 3 rings (SSSR count). The third-order valence-electron chi connectivity index (χ3n) is 3.97. The Morgan fingerprint density at radius 1 is 0.955 bits per heavy atom. The van der Waals surface area contributed by atoms with E-state index in [1.165, 1.54) is 22.0 Å². The van der Waals surface area contributed by atoms with Gasteiger partial charge in [-0.3, -0.25) is 0 Å². The second kappa shape index (κ2) is 6.80. The van der Waals surface area contributed by atoms with Crippen molar-refractivity contribution in [2.75, 3.05) is 6.54 Å². The maximum absolute atomic E-state index is 3.54. The maximum atomic E-state index is 3.54. The first-order chi connectivity index (χ1) is 10.7. The molecule has 1 N–H and O–H groups in total. The van der Waals surface area contributed by atoms with Crippen LogP contribution in [0.25, 0.3) is 10.9 Å². The van der Waals surface area contributed by atoms with Gasteiger partial charge in [-0.25, -0.2) is 0 Å². The lowest BCUT2D eigenvalue weighted by Crippen LogP contribution is -2.19. The van der Waals surface area contributed by atoms with Gasteiger partial charge in [0.05, 0.1) is 0 Å². The fourth-order valence-electron chi connectivity index (χ4n) is 2.85. The lowest BCUT2D eigenvalue weighted by atomic mass is 10.1. The minimum atomic E-state index is 0.682. The van der Waals surface area contributed by atoms with Gasteiger partial charge in [-0.05, 0) is 35.7 Å². The van der Waals surface area contributed by atoms with E-state index in [0.29, 0.717) is 5.92 Å². The van der Waals surface area contributed by atoms with E-state index in [2.05, 4.69) is 84.5 Å². The van der Waals surface area contributed by atoms with Gasteiger partial charge < -0.3 is 9.88 Å². The minimum Gasteiger partial charge on any atom is -0.343 e. The molecule has 22 heavy (non-hydrogen) atoms. The predicted octanol–water partition coefficient (Wildman–Crippen LogP) is 4.44. The van der Waals surface area contributed by atoms with Crippen molar-refractivity contribution < 1.29 is 0 Å². The first-order valence-electron chi connectivity index (χ1n) is 8.05. The summed E-state index contributed by atoms with van der Waals surface area (Å²) in [7, 11) is 0. The molecule has 2 nitrogen and oxygen atoms in total. The summed E-state index contributed by atoms with van der Waals surface area (Å²) in [6.07, 6.45) is 2.20. The molecule has 2 aromatic carbocycles. The predicted molar refractivity (Wildman–Crippen MR) is 94.0 cm³/mol. The highest BCUT2D eigenvalue weighted by Gasteiger charge is 2.06. The molecule has 1 heterocycles. The maximum Gasteiger partial charge on any atom is 0.0486 e. The summed E-state index contributed by atoms with van der Waals surface area (Å²) >= 11 is 0. The molecule has 1 aromatic heterocycles. The summed E-state index contributed by atoms with van der Waals surface area (Å²) in [5.74, 6) is 0.682. The van der Waals surface area contributed by atoms with Crippen molar-refractivity contribution in [3.05, 3.63) is 71.9 Å². The summed E-state index contributed by atoms with van der Waals surface area (Å²) in [6, 6.07) is 19.5.